The summed E-state index contributed by atoms with van der Waals surface area (Å²) in [4.78, 5) is 20.9. The zero-order chi connectivity index (χ0) is 24.1. The van der Waals surface area contributed by atoms with Crippen LogP contribution in [0.4, 0.5) is 0 Å². The van der Waals surface area contributed by atoms with Crippen molar-refractivity contribution in [2.75, 3.05) is 6.61 Å². The number of hydrogen-bond donors (Lipinski definition) is 0. The van der Waals surface area contributed by atoms with Gasteiger partial charge in [0.05, 0.1) is 27.4 Å². The Morgan fingerprint density at radius 1 is 1.17 bits per heavy atom. The average molecular weight is 628 g/mol. The second kappa shape index (κ2) is 9.32. The highest BCUT2D eigenvalue weighted by Gasteiger charge is 2.33. The molecule has 2 aromatic carbocycles. The molecule has 0 bridgehead atoms. The van der Waals surface area contributed by atoms with E-state index in [4.69, 9.17) is 9.73 Å². The molecule has 1 aliphatic heterocycles. The molecule has 2 aliphatic rings. The van der Waals surface area contributed by atoms with Crippen molar-refractivity contribution in [1.82, 2.24) is 4.57 Å². The summed E-state index contributed by atoms with van der Waals surface area (Å²) in [6.07, 6.45) is 3.78. The van der Waals surface area contributed by atoms with E-state index in [9.17, 15) is 4.79 Å². The van der Waals surface area contributed by atoms with Gasteiger partial charge in [0.25, 0.3) is 5.56 Å². The van der Waals surface area contributed by atoms with Gasteiger partial charge in [0.15, 0.2) is 4.80 Å². The first-order valence-corrected chi connectivity index (χ1v) is 14.6. The number of ether oxygens (including phenoxy) is 1. The number of thiophene rings is 1. The Kier molecular flexibility index (Phi) is 6.16. The van der Waals surface area contributed by atoms with Crippen molar-refractivity contribution >= 4 is 66.3 Å². The largest absolute Gasteiger partial charge is 0.492 e. The number of allylic oxidation sites excluding steroid dienone is 1. The van der Waals surface area contributed by atoms with Crippen LogP contribution < -0.4 is 19.6 Å². The first-order valence-electron chi connectivity index (χ1n) is 11.3. The van der Waals surface area contributed by atoms with Crippen LogP contribution in [0, 0.1) is 0 Å². The smallest absolute Gasteiger partial charge is 0.271 e. The molecule has 3 heterocycles. The molecule has 6 rings (SSSR count). The van der Waals surface area contributed by atoms with Gasteiger partial charge in [-0.25, -0.2) is 4.99 Å². The molecule has 0 spiro atoms. The van der Waals surface area contributed by atoms with Crippen LogP contribution in [-0.2, 0) is 6.42 Å². The fraction of sp³-hybridized carbons (Fsp3) is 0.185. The zero-order valence-corrected chi connectivity index (χ0v) is 23.6. The van der Waals surface area contributed by atoms with Crippen molar-refractivity contribution in [3.05, 3.63) is 110 Å². The summed E-state index contributed by atoms with van der Waals surface area (Å²) in [7, 11) is 0. The summed E-state index contributed by atoms with van der Waals surface area (Å²) < 4.78 is 10.2. The third-order valence-corrected chi connectivity index (χ3v) is 9.25. The van der Waals surface area contributed by atoms with Gasteiger partial charge < -0.3 is 4.74 Å². The quantitative estimate of drug-likeness (QED) is 0.266. The Morgan fingerprint density at radius 2 is 2.03 bits per heavy atom. The van der Waals surface area contributed by atoms with Gasteiger partial charge in [-0.05, 0) is 76.5 Å². The highest BCUT2D eigenvalue weighted by molar-refractivity contribution is 9.11. The summed E-state index contributed by atoms with van der Waals surface area (Å²) in [6.45, 7) is 2.49. The zero-order valence-electron chi connectivity index (χ0n) is 18.8. The molecule has 1 unspecified atom stereocenters. The number of thiazole rings is 1. The van der Waals surface area contributed by atoms with Crippen LogP contribution in [0.1, 0.15) is 41.0 Å². The number of hydrogen-bond acceptors (Lipinski definition) is 5. The first-order chi connectivity index (χ1) is 17.0. The van der Waals surface area contributed by atoms with E-state index in [1.165, 1.54) is 32.9 Å². The molecule has 0 amide bonds. The lowest BCUT2D eigenvalue weighted by Gasteiger charge is -2.30. The summed E-state index contributed by atoms with van der Waals surface area (Å²) in [6, 6.07) is 16.5. The molecular weight excluding hydrogens is 608 g/mol. The maximum atomic E-state index is 13.9. The van der Waals surface area contributed by atoms with Gasteiger partial charge >= 0.3 is 0 Å². The molecule has 176 valence electrons. The third-order valence-electron chi connectivity index (χ3n) is 6.30. The maximum absolute atomic E-state index is 13.9. The van der Waals surface area contributed by atoms with Crippen LogP contribution >= 0.6 is 54.5 Å². The van der Waals surface area contributed by atoms with E-state index >= 15 is 0 Å². The molecular formula is C27H20Br2N2O2S2. The first kappa shape index (κ1) is 23.2. The van der Waals surface area contributed by atoms with Crippen molar-refractivity contribution in [2.45, 2.75) is 25.8 Å². The fourth-order valence-corrected chi connectivity index (χ4v) is 8.06. The highest BCUT2D eigenvalue weighted by atomic mass is 79.9. The Hall–Kier alpha value is -2.26. The Morgan fingerprint density at radius 3 is 2.83 bits per heavy atom. The number of aryl methyl sites for hydroxylation is 1. The number of halogens is 2. The predicted molar refractivity (Wildman–Crippen MR) is 150 cm³/mol. The van der Waals surface area contributed by atoms with Gasteiger partial charge in [0.1, 0.15) is 5.75 Å². The van der Waals surface area contributed by atoms with Crippen LogP contribution in [0.3, 0.4) is 0 Å². The lowest BCUT2D eigenvalue weighted by Crippen LogP contribution is -2.38. The lowest BCUT2D eigenvalue weighted by molar-refractivity contribution is 0.337. The molecule has 35 heavy (non-hydrogen) atoms. The Labute approximate surface area is 227 Å². The summed E-state index contributed by atoms with van der Waals surface area (Å²) >= 11 is 10.3. The second-order valence-electron chi connectivity index (χ2n) is 8.37. The van der Waals surface area contributed by atoms with Gasteiger partial charge in [-0.2, -0.15) is 0 Å². The number of benzene rings is 2. The minimum atomic E-state index is -0.127. The summed E-state index contributed by atoms with van der Waals surface area (Å²) in [5.41, 5.74) is 5.58. The van der Waals surface area contributed by atoms with E-state index in [-0.39, 0.29) is 11.6 Å². The molecule has 1 aliphatic carbocycles. The molecule has 0 radical (unpaired) electrons. The van der Waals surface area contributed by atoms with Crippen molar-refractivity contribution in [2.24, 2.45) is 4.99 Å². The molecule has 2 aromatic heterocycles. The molecule has 0 N–H and O–H groups in total. The van der Waals surface area contributed by atoms with Crippen LogP contribution in [0.25, 0.3) is 11.8 Å². The maximum Gasteiger partial charge on any atom is 0.271 e. The normalized spacial score (nSPS) is 17.0. The highest BCUT2D eigenvalue weighted by Crippen LogP contribution is 2.42. The molecule has 4 nitrogen and oxygen atoms in total. The summed E-state index contributed by atoms with van der Waals surface area (Å²) in [5, 5.41) is 2.08. The molecule has 1 atom stereocenters. The molecule has 4 aromatic rings. The Bertz CT molecular complexity index is 1670. The van der Waals surface area contributed by atoms with Gasteiger partial charge in [-0.15, -0.1) is 11.3 Å². The fourth-order valence-electron chi connectivity index (χ4n) is 4.84. The van der Waals surface area contributed by atoms with E-state index in [1.807, 2.05) is 29.7 Å². The van der Waals surface area contributed by atoms with Gasteiger partial charge in [0, 0.05) is 20.5 Å². The topological polar surface area (TPSA) is 43.6 Å². The third kappa shape index (κ3) is 4.00. The minimum Gasteiger partial charge on any atom is -0.492 e. The van der Waals surface area contributed by atoms with Crippen molar-refractivity contribution in [3.8, 4) is 5.75 Å². The Balaban J connectivity index is 1.61. The van der Waals surface area contributed by atoms with E-state index in [1.54, 1.807) is 11.3 Å². The van der Waals surface area contributed by atoms with Gasteiger partial charge in [-0.3, -0.25) is 9.36 Å². The monoisotopic (exact) mass is 626 g/mol. The van der Waals surface area contributed by atoms with Crippen molar-refractivity contribution < 1.29 is 4.74 Å². The molecule has 0 saturated heterocycles. The minimum absolute atomic E-state index is 0.0175. The van der Waals surface area contributed by atoms with Crippen LogP contribution in [-0.4, -0.2) is 11.2 Å². The van der Waals surface area contributed by atoms with Crippen LogP contribution in [0.15, 0.2) is 78.2 Å². The van der Waals surface area contributed by atoms with Gasteiger partial charge in [-0.1, -0.05) is 57.6 Å². The SMILES string of the molecule is CCOc1c(Br)cc(Br)cc1C=c1sc2n(c1=O)C(c1cccs1)C1=C(N=2)c2ccccc2CC1. The molecule has 8 heteroatoms. The second-order valence-corrected chi connectivity index (χ2v) is 12.1. The molecule has 0 saturated carbocycles. The average Bonchev–Trinajstić information content (AvgIpc) is 3.48. The van der Waals surface area contributed by atoms with Crippen molar-refractivity contribution in [1.29, 1.82) is 0 Å². The van der Waals surface area contributed by atoms with Crippen LogP contribution in [0.2, 0.25) is 0 Å². The lowest BCUT2D eigenvalue weighted by atomic mass is 9.85. The number of aromatic nitrogens is 1. The number of fused-ring (bicyclic) bond motifs is 3. The van der Waals surface area contributed by atoms with Crippen LogP contribution in [0.5, 0.6) is 5.75 Å². The molecule has 0 fully saturated rings. The number of rotatable bonds is 4. The van der Waals surface area contributed by atoms with E-state index < -0.39 is 0 Å². The standard InChI is InChI=1S/C27H20Br2N2O2S2/c1-2-33-25-16(12-17(28)14-20(25)29)13-22-26(32)31-24(21-8-5-11-34-21)19-10-9-15-6-3-4-7-18(15)23(19)30-27(31)35-22/h3-8,11-14,24H,2,9-10H2,1H3. The van der Waals surface area contributed by atoms with E-state index in [0.29, 0.717) is 11.1 Å². The van der Waals surface area contributed by atoms with Crippen molar-refractivity contribution in [3.63, 3.8) is 0 Å². The van der Waals surface area contributed by atoms with E-state index in [2.05, 4.69) is 73.6 Å². The number of nitrogens with zero attached hydrogens (tertiary/aromatic N) is 2. The predicted octanol–water partition coefficient (Wildman–Crippen LogP) is 6.30. The van der Waals surface area contributed by atoms with E-state index in [0.717, 1.165) is 43.6 Å². The summed E-state index contributed by atoms with van der Waals surface area (Å²) in [5.74, 6) is 0.726. The van der Waals surface area contributed by atoms with Gasteiger partial charge in [0.2, 0.25) is 0 Å².